The van der Waals surface area contributed by atoms with Crippen LogP contribution in [0.25, 0.3) is 0 Å². The van der Waals surface area contributed by atoms with E-state index in [1.807, 2.05) is 0 Å². The van der Waals surface area contributed by atoms with Crippen molar-refractivity contribution in [3.8, 4) is 0 Å². The molecule has 78 valence electrons. The number of hydrogen-bond donors (Lipinski definition) is 3. The summed E-state index contributed by atoms with van der Waals surface area (Å²) < 4.78 is 14.2. The van der Waals surface area contributed by atoms with Crippen molar-refractivity contribution in [1.82, 2.24) is 0 Å². The Balaban J connectivity index is 0. The molecule has 0 aromatic heterocycles. The second-order valence-corrected chi connectivity index (χ2v) is 4.67. The van der Waals surface area contributed by atoms with Gasteiger partial charge < -0.3 is 15.2 Å². The van der Waals surface area contributed by atoms with Gasteiger partial charge >= 0.3 is 7.60 Å². The molecule has 4 N–H and O–H groups in total. The maximum atomic E-state index is 10.3. The number of rotatable bonds is 2. The van der Waals surface area contributed by atoms with E-state index in [4.69, 9.17) is 16.0 Å². The molecule has 6 nitrogen and oxygen atoms in total. The summed E-state index contributed by atoms with van der Waals surface area (Å²) in [6.07, 6.45) is 1.77. The van der Waals surface area contributed by atoms with Gasteiger partial charge in [-0.3, -0.25) is 14.8 Å². The van der Waals surface area contributed by atoms with Gasteiger partial charge in [0.2, 0.25) is 5.52 Å². The quantitative estimate of drug-likeness (QED) is 0.362. The summed E-state index contributed by atoms with van der Waals surface area (Å²) in [6.45, 7) is 1.00. The highest BCUT2D eigenvalue weighted by molar-refractivity contribution is 8.13. The van der Waals surface area contributed by atoms with Gasteiger partial charge in [-0.05, 0) is 6.26 Å². The SMILES string of the molecule is COP(=O)(O)C(C)=O.CSC(=N)N. The van der Waals surface area contributed by atoms with Crippen molar-refractivity contribution >= 4 is 30.0 Å². The van der Waals surface area contributed by atoms with E-state index in [9.17, 15) is 9.36 Å². The lowest BCUT2D eigenvalue weighted by atomic mass is 10.9. The molecule has 8 heteroatoms. The molecule has 1 unspecified atom stereocenters. The summed E-state index contributed by atoms with van der Waals surface area (Å²) in [4.78, 5) is 18.4. The van der Waals surface area contributed by atoms with Gasteiger partial charge in [-0.15, -0.1) is 0 Å². The van der Waals surface area contributed by atoms with Crippen molar-refractivity contribution in [3.05, 3.63) is 0 Å². The molecule has 13 heavy (non-hydrogen) atoms. The van der Waals surface area contributed by atoms with Crippen molar-refractivity contribution in [2.24, 2.45) is 5.73 Å². The molecule has 0 aliphatic rings. The maximum absolute atomic E-state index is 10.3. The Morgan fingerprint density at radius 3 is 2.00 bits per heavy atom. The second-order valence-electron chi connectivity index (χ2n) is 1.79. The third kappa shape index (κ3) is 9.55. The minimum atomic E-state index is -3.88. The first-order valence-corrected chi connectivity index (χ1v) is 5.85. The molecule has 0 fully saturated rings. The lowest BCUT2D eigenvalue weighted by molar-refractivity contribution is -0.111. The molecule has 0 aliphatic heterocycles. The van der Waals surface area contributed by atoms with Gasteiger partial charge in [0.1, 0.15) is 0 Å². The monoisotopic (exact) mass is 228 g/mol. The van der Waals surface area contributed by atoms with Crippen LogP contribution in [0, 0.1) is 5.41 Å². The van der Waals surface area contributed by atoms with E-state index in [-0.39, 0.29) is 5.17 Å². The van der Waals surface area contributed by atoms with Gasteiger partial charge in [0, 0.05) is 14.0 Å². The Morgan fingerprint density at radius 1 is 1.69 bits per heavy atom. The highest BCUT2D eigenvalue weighted by Crippen LogP contribution is 2.40. The number of hydrogen-bond acceptors (Lipinski definition) is 5. The Kier molecular flexibility index (Phi) is 8.24. The molecule has 0 rings (SSSR count). The number of nitrogens with two attached hydrogens (primary N) is 1. The van der Waals surface area contributed by atoms with Crippen molar-refractivity contribution in [1.29, 1.82) is 5.41 Å². The third-order valence-corrected chi connectivity index (χ3v) is 2.60. The van der Waals surface area contributed by atoms with E-state index in [1.54, 1.807) is 6.26 Å². The Morgan fingerprint density at radius 2 is 2.00 bits per heavy atom. The predicted octanol–water partition coefficient (Wildman–Crippen LogP) is 0.608. The van der Waals surface area contributed by atoms with E-state index in [2.05, 4.69) is 4.52 Å². The Bertz CT molecular complexity index is 233. The van der Waals surface area contributed by atoms with Crippen LogP contribution in [-0.2, 0) is 13.9 Å². The lowest BCUT2D eigenvalue weighted by Gasteiger charge is -2.00. The normalized spacial score (nSPS) is 13.5. The average molecular weight is 228 g/mol. The molecule has 0 amide bonds. The van der Waals surface area contributed by atoms with Crippen molar-refractivity contribution in [3.63, 3.8) is 0 Å². The highest BCUT2D eigenvalue weighted by atomic mass is 32.2. The van der Waals surface area contributed by atoms with Gasteiger partial charge in [-0.2, -0.15) is 0 Å². The summed E-state index contributed by atoms with van der Waals surface area (Å²) >= 11 is 1.24. The third-order valence-electron chi connectivity index (χ3n) is 0.865. The largest absolute Gasteiger partial charge is 0.393 e. The fourth-order valence-electron chi connectivity index (χ4n) is 0.129. The van der Waals surface area contributed by atoms with E-state index in [0.29, 0.717) is 0 Å². The summed E-state index contributed by atoms with van der Waals surface area (Å²) in [5, 5.41) is 6.66. The number of carbonyl (C=O) groups is 1. The maximum Gasteiger partial charge on any atom is 0.393 e. The van der Waals surface area contributed by atoms with Gasteiger partial charge in [-0.1, -0.05) is 11.8 Å². The first kappa shape index (κ1) is 15.1. The summed E-state index contributed by atoms with van der Waals surface area (Å²) in [6, 6.07) is 0. The fraction of sp³-hybridized carbons (Fsp3) is 0.600. The summed E-state index contributed by atoms with van der Waals surface area (Å²) in [5.41, 5.74) is 4.00. The fourth-order valence-corrected chi connectivity index (χ4v) is 0.386. The molecule has 0 bridgehead atoms. The minimum absolute atomic E-state index is 0.171. The minimum Gasteiger partial charge on any atom is -0.379 e. The van der Waals surface area contributed by atoms with Gasteiger partial charge in [-0.25, -0.2) is 0 Å². The topological polar surface area (TPSA) is 113 Å². The molecule has 0 aromatic rings. The zero-order valence-electron chi connectivity index (χ0n) is 7.60. The van der Waals surface area contributed by atoms with Crippen LogP contribution in [0.3, 0.4) is 0 Å². The molecule has 0 radical (unpaired) electrons. The van der Waals surface area contributed by atoms with Crippen molar-refractivity contribution in [2.45, 2.75) is 6.92 Å². The molecular weight excluding hydrogens is 215 g/mol. The number of carbonyl (C=O) groups excluding carboxylic acids is 1. The first-order chi connectivity index (χ1) is 5.77. The van der Waals surface area contributed by atoms with Crippen LogP contribution in [0.15, 0.2) is 0 Å². The molecule has 0 spiro atoms. The lowest BCUT2D eigenvalue weighted by Crippen LogP contribution is -2.01. The van der Waals surface area contributed by atoms with E-state index in [1.165, 1.54) is 11.8 Å². The molecule has 0 aliphatic carbocycles. The van der Waals surface area contributed by atoms with Gasteiger partial charge in [0.05, 0.1) is 0 Å². The van der Waals surface area contributed by atoms with Crippen LogP contribution in [0.2, 0.25) is 0 Å². The molecule has 1 atom stereocenters. The van der Waals surface area contributed by atoms with Crippen molar-refractivity contribution in [2.75, 3.05) is 13.4 Å². The second kappa shape index (κ2) is 7.08. The molecular formula is C5H13N2O4PS. The van der Waals surface area contributed by atoms with Gasteiger partial charge in [0.25, 0.3) is 0 Å². The predicted molar refractivity (Wildman–Crippen MR) is 52.9 cm³/mol. The highest BCUT2D eigenvalue weighted by Gasteiger charge is 2.23. The van der Waals surface area contributed by atoms with Crippen LogP contribution in [-0.4, -0.2) is 29.0 Å². The average Bonchev–Trinajstić information content (AvgIpc) is 2.05. The van der Waals surface area contributed by atoms with Gasteiger partial charge in [0.15, 0.2) is 5.17 Å². The van der Waals surface area contributed by atoms with E-state index < -0.39 is 13.1 Å². The van der Waals surface area contributed by atoms with Crippen LogP contribution in [0.5, 0.6) is 0 Å². The van der Waals surface area contributed by atoms with Crippen LogP contribution in [0.4, 0.5) is 0 Å². The van der Waals surface area contributed by atoms with Crippen molar-refractivity contribution < 1.29 is 18.8 Å². The molecule has 0 saturated heterocycles. The molecule has 0 aromatic carbocycles. The molecule has 0 saturated carbocycles. The first-order valence-electron chi connectivity index (χ1n) is 3.05. The van der Waals surface area contributed by atoms with E-state index >= 15 is 0 Å². The van der Waals surface area contributed by atoms with E-state index in [0.717, 1.165) is 14.0 Å². The number of thioether (sulfide) groups is 1. The number of amidine groups is 1. The zero-order chi connectivity index (χ0) is 11.1. The standard InChI is InChI=1S/C3H7O4P.C2H6N2S/c1-3(4)8(5,6)7-2;1-5-2(3)4/h1-2H3,(H,5,6);1H3,(H3,3,4). The Hall–Kier alpha value is -0.360. The van der Waals surface area contributed by atoms with Crippen LogP contribution in [0.1, 0.15) is 6.92 Å². The summed E-state index contributed by atoms with van der Waals surface area (Å²) in [7, 11) is -2.87. The van der Waals surface area contributed by atoms with Crippen LogP contribution < -0.4 is 5.73 Å². The Labute approximate surface area is 80.9 Å². The van der Waals surface area contributed by atoms with Crippen LogP contribution >= 0.6 is 19.4 Å². The number of nitrogens with one attached hydrogen (secondary N) is 1. The molecule has 0 heterocycles. The zero-order valence-corrected chi connectivity index (χ0v) is 9.32. The smallest absolute Gasteiger partial charge is 0.379 e. The summed E-state index contributed by atoms with van der Waals surface area (Å²) in [5.74, 6) is 0.